The summed E-state index contributed by atoms with van der Waals surface area (Å²) in [6.07, 6.45) is 3.28. The Kier molecular flexibility index (Phi) is 6.54. The number of ether oxygens (including phenoxy) is 1. The third-order valence-corrected chi connectivity index (χ3v) is 3.84. The standard InChI is InChI=1S/C17H26N2O4/c1-6-8-12(19-23-9-7-2)13-11(18)10-17(3,4)14(15(13)20)16(21)22-5/h7,14H,2,6,8-10,18H2,1,3-5H3/b19-12+. The van der Waals surface area contributed by atoms with Gasteiger partial charge in [0.15, 0.2) is 5.78 Å². The van der Waals surface area contributed by atoms with Crippen molar-refractivity contribution in [1.29, 1.82) is 0 Å². The van der Waals surface area contributed by atoms with Gasteiger partial charge in [-0.05, 0) is 18.3 Å². The van der Waals surface area contributed by atoms with Crippen LogP contribution in [-0.2, 0) is 19.2 Å². The summed E-state index contributed by atoms with van der Waals surface area (Å²) in [4.78, 5) is 30.1. The van der Waals surface area contributed by atoms with E-state index in [2.05, 4.69) is 11.7 Å². The first-order valence-corrected chi connectivity index (χ1v) is 7.70. The maximum absolute atomic E-state index is 12.9. The second-order valence-electron chi connectivity index (χ2n) is 6.26. The van der Waals surface area contributed by atoms with Gasteiger partial charge in [-0.25, -0.2) is 0 Å². The number of nitrogens with two attached hydrogens (primary N) is 1. The molecule has 23 heavy (non-hydrogen) atoms. The van der Waals surface area contributed by atoms with E-state index in [4.69, 9.17) is 15.3 Å². The zero-order valence-electron chi connectivity index (χ0n) is 14.3. The average molecular weight is 322 g/mol. The van der Waals surface area contributed by atoms with Crippen molar-refractivity contribution in [2.45, 2.75) is 40.0 Å². The van der Waals surface area contributed by atoms with Crippen LogP contribution < -0.4 is 5.73 Å². The number of esters is 1. The number of nitrogens with zero attached hydrogens (tertiary/aromatic N) is 1. The summed E-state index contributed by atoms with van der Waals surface area (Å²) >= 11 is 0. The van der Waals surface area contributed by atoms with Crippen molar-refractivity contribution >= 4 is 17.5 Å². The van der Waals surface area contributed by atoms with Crippen LogP contribution in [0.5, 0.6) is 0 Å². The predicted molar refractivity (Wildman–Crippen MR) is 88.6 cm³/mol. The van der Waals surface area contributed by atoms with Gasteiger partial charge < -0.3 is 15.3 Å². The highest BCUT2D eigenvalue weighted by atomic mass is 16.6. The van der Waals surface area contributed by atoms with Gasteiger partial charge in [-0.15, -0.1) is 0 Å². The fourth-order valence-electron chi connectivity index (χ4n) is 2.83. The quantitative estimate of drug-likeness (QED) is 0.194. The first-order chi connectivity index (χ1) is 10.8. The summed E-state index contributed by atoms with van der Waals surface area (Å²) in [5.74, 6) is -1.79. The molecule has 0 saturated heterocycles. The summed E-state index contributed by atoms with van der Waals surface area (Å²) in [5.41, 5.74) is 6.74. The molecule has 0 fully saturated rings. The Morgan fingerprint density at radius 1 is 1.52 bits per heavy atom. The molecule has 128 valence electrons. The van der Waals surface area contributed by atoms with E-state index in [0.717, 1.165) is 6.42 Å². The van der Waals surface area contributed by atoms with Gasteiger partial charge >= 0.3 is 5.97 Å². The van der Waals surface area contributed by atoms with E-state index >= 15 is 0 Å². The van der Waals surface area contributed by atoms with Crippen molar-refractivity contribution < 1.29 is 19.2 Å². The fraction of sp³-hybridized carbons (Fsp3) is 0.588. The normalized spacial score (nSPS) is 21.1. The van der Waals surface area contributed by atoms with Crippen LogP contribution in [-0.4, -0.2) is 31.2 Å². The number of allylic oxidation sites excluding steroid dienone is 2. The highest BCUT2D eigenvalue weighted by Gasteiger charge is 2.48. The molecule has 0 radical (unpaired) electrons. The molecule has 6 nitrogen and oxygen atoms in total. The second-order valence-corrected chi connectivity index (χ2v) is 6.26. The molecule has 0 heterocycles. The molecule has 1 unspecified atom stereocenters. The Balaban J connectivity index is 3.30. The minimum Gasteiger partial charge on any atom is -0.468 e. The molecule has 0 spiro atoms. The van der Waals surface area contributed by atoms with Crippen LogP contribution in [0.25, 0.3) is 0 Å². The molecule has 2 N–H and O–H groups in total. The lowest BCUT2D eigenvalue weighted by molar-refractivity contribution is -0.153. The second kappa shape index (κ2) is 7.94. The van der Waals surface area contributed by atoms with Crippen molar-refractivity contribution in [3.8, 4) is 0 Å². The van der Waals surface area contributed by atoms with Gasteiger partial charge in [0.25, 0.3) is 0 Å². The zero-order chi connectivity index (χ0) is 17.6. The lowest BCUT2D eigenvalue weighted by Crippen LogP contribution is -2.45. The van der Waals surface area contributed by atoms with Gasteiger partial charge in [0.05, 0.1) is 18.4 Å². The molecule has 1 aliphatic carbocycles. The van der Waals surface area contributed by atoms with Crippen LogP contribution in [0, 0.1) is 11.3 Å². The summed E-state index contributed by atoms with van der Waals surface area (Å²) in [6.45, 7) is 9.42. The van der Waals surface area contributed by atoms with E-state index in [1.807, 2.05) is 20.8 Å². The number of Topliss-reactive ketones (excluding diaryl/α,β-unsaturated/α-hetero) is 1. The number of methoxy groups -OCH3 is 1. The maximum atomic E-state index is 12.9. The molecule has 1 atom stereocenters. The van der Waals surface area contributed by atoms with E-state index in [0.29, 0.717) is 29.8 Å². The van der Waals surface area contributed by atoms with Crippen molar-refractivity contribution in [2.75, 3.05) is 13.7 Å². The highest BCUT2D eigenvalue weighted by molar-refractivity contribution is 6.27. The molecule has 0 bridgehead atoms. The van der Waals surface area contributed by atoms with Crippen LogP contribution >= 0.6 is 0 Å². The Bertz CT molecular complexity index is 547. The van der Waals surface area contributed by atoms with Crippen molar-refractivity contribution in [2.24, 2.45) is 22.2 Å². The lowest BCUT2D eigenvalue weighted by Gasteiger charge is -2.36. The van der Waals surface area contributed by atoms with Crippen LogP contribution in [0.4, 0.5) is 0 Å². The SMILES string of the molecule is C=CCO/N=C(\CCC)C1=C(N)CC(C)(C)C(C(=O)OC)C1=O. The predicted octanol–water partition coefficient (Wildman–Crippen LogP) is 2.35. The van der Waals surface area contributed by atoms with E-state index in [1.165, 1.54) is 7.11 Å². The lowest BCUT2D eigenvalue weighted by atomic mass is 9.66. The monoisotopic (exact) mass is 322 g/mol. The third kappa shape index (κ3) is 4.21. The number of hydrogen-bond donors (Lipinski definition) is 1. The van der Waals surface area contributed by atoms with Gasteiger partial charge in [-0.1, -0.05) is 45.0 Å². The third-order valence-electron chi connectivity index (χ3n) is 3.84. The highest BCUT2D eigenvalue weighted by Crippen LogP contribution is 2.41. The zero-order valence-corrected chi connectivity index (χ0v) is 14.3. The minimum atomic E-state index is -0.892. The van der Waals surface area contributed by atoms with E-state index in [-0.39, 0.29) is 12.4 Å². The number of rotatable bonds is 7. The van der Waals surface area contributed by atoms with Gasteiger partial charge in [-0.2, -0.15) is 0 Å². The Morgan fingerprint density at radius 3 is 2.70 bits per heavy atom. The minimum absolute atomic E-state index is 0.237. The van der Waals surface area contributed by atoms with E-state index in [1.54, 1.807) is 6.08 Å². The summed E-state index contributed by atoms with van der Waals surface area (Å²) < 4.78 is 4.81. The molecule has 0 aromatic carbocycles. The maximum Gasteiger partial charge on any atom is 0.317 e. The van der Waals surface area contributed by atoms with Gasteiger partial charge in [0.2, 0.25) is 0 Å². The molecule has 0 aromatic rings. The van der Waals surface area contributed by atoms with Crippen LogP contribution in [0.15, 0.2) is 29.1 Å². The largest absolute Gasteiger partial charge is 0.468 e. The average Bonchev–Trinajstić information content (AvgIpc) is 2.45. The molecule has 0 aromatic heterocycles. The summed E-state index contributed by atoms with van der Waals surface area (Å²) in [7, 11) is 1.28. The summed E-state index contributed by atoms with van der Waals surface area (Å²) in [5, 5.41) is 4.03. The smallest absolute Gasteiger partial charge is 0.317 e. The van der Waals surface area contributed by atoms with Crippen molar-refractivity contribution in [1.82, 2.24) is 0 Å². The van der Waals surface area contributed by atoms with Gasteiger partial charge in [-0.3, -0.25) is 9.59 Å². The first kappa shape index (κ1) is 18.9. The van der Waals surface area contributed by atoms with E-state index in [9.17, 15) is 9.59 Å². The summed E-state index contributed by atoms with van der Waals surface area (Å²) in [6, 6.07) is 0. The molecule has 0 aliphatic heterocycles. The van der Waals surface area contributed by atoms with Crippen LogP contribution in [0.1, 0.15) is 40.0 Å². The molecule has 6 heteroatoms. The number of ketones is 1. The number of oxime groups is 1. The Morgan fingerprint density at radius 2 is 2.17 bits per heavy atom. The molecular weight excluding hydrogens is 296 g/mol. The molecule has 1 aliphatic rings. The first-order valence-electron chi connectivity index (χ1n) is 7.70. The number of carbonyl (C=O) groups is 2. The number of carbonyl (C=O) groups excluding carboxylic acids is 2. The Hall–Kier alpha value is -2.11. The molecule has 0 saturated carbocycles. The topological polar surface area (TPSA) is 91.0 Å². The van der Waals surface area contributed by atoms with E-state index < -0.39 is 17.3 Å². The van der Waals surface area contributed by atoms with Gasteiger partial charge in [0.1, 0.15) is 12.5 Å². The molecule has 1 rings (SSSR count). The van der Waals surface area contributed by atoms with Crippen LogP contribution in [0.2, 0.25) is 0 Å². The van der Waals surface area contributed by atoms with Gasteiger partial charge in [0, 0.05) is 5.70 Å². The van der Waals surface area contributed by atoms with Crippen LogP contribution in [0.3, 0.4) is 0 Å². The molecular formula is C17H26N2O4. The Labute approximate surface area is 137 Å². The fourth-order valence-corrected chi connectivity index (χ4v) is 2.83. The van der Waals surface area contributed by atoms with Crippen molar-refractivity contribution in [3.63, 3.8) is 0 Å². The van der Waals surface area contributed by atoms with Crippen molar-refractivity contribution in [3.05, 3.63) is 23.9 Å². The number of hydrogen-bond acceptors (Lipinski definition) is 6. The molecule has 0 amide bonds.